The zero-order chi connectivity index (χ0) is 9.94. The molecule has 0 rings (SSSR count). The normalized spacial score (nSPS) is 9.62. The van der Waals surface area contributed by atoms with Gasteiger partial charge in [-0.2, -0.15) is 5.48 Å². The maximum atomic E-state index is 10.8. The van der Waals surface area contributed by atoms with Gasteiger partial charge in [0.25, 0.3) is 0 Å². The van der Waals surface area contributed by atoms with Crippen molar-refractivity contribution in [3.63, 3.8) is 0 Å². The quantitative estimate of drug-likeness (QED) is 0.352. The molecule has 0 unspecified atom stereocenters. The molecule has 0 atom stereocenters. The van der Waals surface area contributed by atoms with E-state index in [9.17, 15) is 9.59 Å². The number of carbonyl (C=O) groups excluding carboxylic acids is 2. The molecule has 0 spiro atoms. The zero-order valence-corrected chi connectivity index (χ0v) is 8.04. The third kappa shape index (κ3) is 9.01. The van der Waals surface area contributed by atoms with Gasteiger partial charge in [0.05, 0.1) is 0 Å². The van der Waals surface area contributed by atoms with Gasteiger partial charge < -0.3 is 9.63 Å². The summed E-state index contributed by atoms with van der Waals surface area (Å²) in [6.45, 7) is 0. The van der Waals surface area contributed by atoms with E-state index in [1.165, 1.54) is 0 Å². The predicted octanol–water partition coefficient (Wildman–Crippen LogP) is 1.20. The zero-order valence-electron chi connectivity index (χ0n) is 8.04. The van der Waals surface area contributed by atoms with Gasteiger partial charge >= 0.3 is 5.97 Å². The molecule has 0 aliphatic rings. The van der Waals surface area contributed by atoms with Gasteiger partial charge in [-0.15, -0.1) is 0 Å². The smallest absolute Gasteiger partial charge is 0.324 e. The van der Waals surface area contributed by atoms with Gasteiger partial charge in [0, 0.05) is 19.9 Å². The van der Waals surface area contributed by atoms with E-state index in [4.69, 9.17) is 0 Å². The van der Waals surface area contributed by atoms with Crippen LogP contribution < -0.4 is 5.48 Å². The highest BCUT2D eigenvalue weighted by Gasteiger charge is 2.00. The van der Waals surface area contributed by atoms with E-state index >= 15 is 0 Å². The number of hydrogen-bond acceptors (Lipinski definition) is 4. The van der Waals surface area contributed by atoms with Gasteiger partial charge in [-0.3, -0.25) is 4.79 Å². The second kappa shape index (κ2) is 9.19. The lowest BCUT2D eigenvalue weighted by Gasteiger charge is -2.00. The summed E-state index contributed by atoms with van der Waals surface area (Å²) in [5.41, 5.74) is 2.33. The molecule has 4 heteroatoms. The molecule has 13 heavy (non-hydrogen) atoms. The maximum absolute atomic E-state index is 10.8. The fraction of sp³-hybridized carbons (Fsp3) is 0.778. The Bertz CT molecular complexity index is 148. The van der Waals surface area contributed by atoms with E-state index in [0.717, 1.165) is 32.0 Å². The van der Waals surface area contributed by atoms with Crippen molar-refractivity contribution in [3.8, 4) is 0 Å². The number of hydrogen-bond donors (Lipinski definition) is 1. The first kappa shape index (κ1) is 12.1. The van der Waals surface area contributed by atoms with Crippen molar-refractivity contribution in [2.24, 2.45) is 0 Å². The van der Waals surface area contributed by atoms with Gasteiger partial charge in [-0.1, -0.05) is 12.8 Å². The lowest BCUT2D eigenvalue weighted by atomic mass is 10.1. The van der Waals surface area contributed by atoms with E-state index < -0.39 is 0 Å². The summed E-state index contributed by atoms with van der Waals surface area (Å²) in [5, 5.41) is 0. The molecule has 0 aliphatic carbocycles. The van der Waals surface area contributed by atoms with Crippen LogP contribution in [0, 0.1) is 0 Å². The van der Waals surface area contributed by atoms with Crippen molar-refractivity contribution < 1.29 is 14.4 Å². The molecule has 76 valence electrons. The maximum Gasteiger partial charge on any atom is 0.324 e. The summed E-state index contributed by atoms with van der Waals surface area (Å²) in [6.07, 6.45) is 5.74. The molecule has 0 saturated heterocycles. The molecule has 0 fully saturated rings. The van der Waals surface area contributed by atoms with Gasteiger partial charge in [0.2, 0.25) is 0 Å². The fourth-order valence-electron chi connectivity index (χ4n) is 1.02. The van der Waals surface area contributed by atoms with Gasteiger partial charge in [0.1, 0.15) is 6.29 Å². The number of hydroxylamine groups is 1. The fourth-order valence-corrected chi connectivity index (χ4v) is 1.02. The van der Waals surface area contributed by atoms with Crippen LogP contribution in [0.4, 0.5) is 0 Å². The summed E-state index contributed by atoms with van der Waals surface area (Å²) in [4.78, 5) is 25.3. The minimum Gasteiger partial charge on any atom is -0.371 e. The highest BCUT2D eigenvalue weighted by Crippen LogP contribution is 2.04. The molecule has 0 saturated carbocycles. The number of unbranched alkanes of at least 4 members (excludes halogenated alkanes) is 4. The van der Waals surface area contributed by atoms with Crippen molar-refractivity contribution in [2.45, 2.75) is 38.5 Å². The summed E-state index contributed by atoms with van der Waals surface area (Å²) < 4.78 is 0. The number of nitrogens with one attached hydrogen (secondary N) is 1. The molecule has 0 aromatic carbocycles. The molecular weight excluding hydrogens is 170 g/mol. The van der Waals surface area contributed by atoms with Gasteiger partial charge in [-0.05, 0) is 12.8 Å². The Kier molecular flexibility index (Phi) is 8.55. The summed E-state index contributed by atoms with van der Waals surface area (Å²) in [6, 6.07) is 0. The average molecular weight is 187 g/mol. The third-order valence-corrected chi connectivity index (χ3v) is 1.67. The molecule has 0 aromatic rings. The Morgan fingerprint density at radius 3 is 2.62 bits per heavy atom. The van der Waals surface area contributed by atoms with Crippen LogP contribution in [0.15, 0.2) is 0 Å². The van der Waals surface area contributed by atoms with Crippen LogP contribution >= 0.6 is 0 Å². The Morgan fingerprint density at radius 1 is 1.31 bits per heavy atom. The van der Waals surface area contributed by atoms with Crippen molar-refractivity contribution in [3.05, 3.63) is 0 Å². The molecule has 0 bridgehead atoms. The molecular formula is C9H17NO3. The standard InChI is InChI=1S/C9H17NO3/c1-10-13-9(12)7-5-3-2-4-6-8-11/h8,10H,2-7H2,1H3. The Morgan fingerprint density at radius 2 is 2.00 bits per heavy atom. The molecule has 1 N–H and O–H groups in total. The highest BCUT2D eigenvalue weighted by atomic mass is 16.7. The predicted molar refractivity (Wildman–Crippen MR) is 48.9 cm³/mol. The van der Waals surface area contributed by atoms with Crippen LogP contribution in [0.5, 0.6) is 0 Å². The van der Waals surface area contributed by atoms with E-state index in [0.29, 0.717) is 12.8 Å². The largest absolute Gasteiger partial charge is 0.371 e. The van der Waals surface area contributed by atoms with E-state index in [1.807, 2.05) is 0 Å². The Labute approximate surface area is 78.6 Å². The average Bonchev–Trinajstić information content (AvgIpc) is 2.11. The number of carbonyl (C=O) groups is 2. The highest BCUT2D eigenvalue weighted by molar-refractivity contribution is 5.68. The third-order valence-electron chi connectivity index (χ3n) is 1.67. The molecule has 0 aliphatic heterocycles. The van der Waals surface area contributed by atoms with Gasteiger partial charge in [0.15, 0.2) is 0 Å². The lowest BCUT2D eigenvalue weighted by Crippen LogP contribution is -2.14. The van der Waals surface area contributed by atoms with Crippen LogP contribution in [0.1, 0.15) is 38.5 Å². The SMILES string of the molecule is CNOC(=O)CCCCCCC=O. The second-order valence-electron chi connectivity index (χ2n) is 2.80. The first-order valence-corrected chi connectivity index (χ1v) is 4.61. The summed E-state index contributed by atoms with van der Waals surface area (Å²) >= 11 is 0. The van der Waals surface area contributed by atoms with Crippen LogP contribution in [0.2, 0.25) is 0 Å². The second-order valence-corrected chi connectivity index (χ2v) is 2.80. The minimum atomic E-state index is -0.224. The minimum absolute atomic E-state index is 0.224. The molecule has 0 heterocycles. The van der Waals surface area contributed by atoms with Crippen molar-refractivity contribution in [1.29, 1.82) is 0 Å². The first-order valence-electron chi connectivity index (χ1n) is 4.61. The summed E-state index contributed by atoms with van der Waals surface area (Å²) in [7, 11) is 1.56. The van der Waals surface area contributed by atoms with E-state index in [2.05, 4.69) is 10.3 Å². The monoisotopic (exact) mass is 187 g/mol. The van der Waals surface area contributed by atoms with Crippen LogP contribution in [0.25, 0.3) is 0 Å². The topological polar surface area (TPSA) is 55.4 Å². The lowest BCUT2D eigenvalue weighted by molar-refractivity contribution is -0.150. The Hall–Kier alpha value is -0.900. The number of rotatable bonds is 8. The van der Waals surface area contributed by atoms with Crippen molar-refractivity contribution in [2.75, 3.05) is 7.05 Å². The van der Waals surface area contributed by atoms with E-state index in [-0.39, 0.29) is 5.97 Å². The Balaban J connectivity index is 3.06. The van der Waals surface area contributed by atoms with Crippen LogP contribution in [-0.4, -0.2) is 19.3 Å². The van der Waals surface area contributed by atoms with Crippen molar-refractivity contribution >= 4 is 12.3 Å². The molecule has 0 aromatic heterocycles. The van der Waals surface area contributed by atoms with Crippen molar-refractivity contribution in [1.82, 2.24) is 5.48 Å². The summed E-state index contributed by atoms with van der Waals surface area (Å²) in [5.74, 6) is -0.224. The molecule has 0 radical (unpaired) electrons. The molecule has 4 nitrogen and oxygen atoms in total. The van der Waals surface area contributed by atoms with E-state index in [1.54, 1.807) is 7.05 Å². The molecule has 0 amide bonds. The van der Waals surface area contributed by atoms with Crippen LogP contribution in [0.3, 0.4) is 0 Å². The first-order chi connectivity index (χ1) is 6.31. The van der Waals surface area contributed by atoms with Crippen LogP contribution in [-0.2, 0) is 14.4 Å². The number of aldehydes is 1. The van der Waals surface area contributed by atoms with Gasteiger partial charge in [-0.25, -0.2) is 0 Å².